The van der Waals surface area contributed by atoms with Crippen LogP contribution in [-0.4, -0.2) is 43.1 Å². The zero-order chi connectivity index (χ0) is 27.3. The SMILES string of the molecule is CC(=O)N1CCC(O)(c2cc3c(=NC(C)c4cccc(C(F)(F)F)c4C)ncn(C)c3c(=O)n2C)CC1. The zero-order valence-corrected chi connectivity index (χ0v) is 21.4. The van der Waals surface area contributed by atoms with Gasteiger partial charge in [-0.1, -0.05) is 12.1 Å². The van der Waals surface area contributed by atoms with E-state index < -0.39 is 23.4 Å². The minimum Gasteiger partial charge on any atom is -0.383 e. The molecule has 1 fully saturated rings. The fraction of sp³-hybridized carbons (Fsp3) is 0.462. The third kappa shape index (κ3) is 4.79. The lowest BCUT2D eigenvalue weighted by Gasteiger charge is -2.38. The number of halogens is 3. The molecule has 0 aliphatic carbocycles. The van der Waals surface area contributed by atoms with Gasteiger partial charge in [0.25, 0.3) is 5.56 Å². The zero-order valence-electron chi connectivity index (χ0n) is 21.4. The quantitative estimate of drug-likeness (QED) is 0.578. The van der Waals surface area contributed by atoms with Crippen LogP contribution in [0.15, 0.2) is 40.4 Å². The van der Waals surface area contributed by atoms with Crippen LogP contribution < -0.4 is 11.0 Å². The van der Waals surface area contributed by atoms with Crippen molar-refractivity contribution in [1.29, 1.82) is 0 Å². The van der Waals surface area contributed by atoms with Crippen molar-refractivity contribution in [3.63, 3.8) is 0 Å². The molecule has 0 bridgehead atoms. The van der Waals surface area contributed by atoms with E-state index in [0.717, 1.165) is 6.07 Å². The molecule has 198 valence electrons. The summed E-state index contributed by atoms with van der Waals surface area (Å²) in [6.07, 6.45) is -2.54. The van der Waals surface area contributed by atoms with Gasteiger partial charge in [-0.2, -0.15) is 13.2 Å². The molecule has 1 aromatic carbocycles. The molecule has 0 radical (unpaired) electrons. The number of carbonyl (C=O) groups excluding carboxylic acids is 1. The Hall–Kier alpha value is -3.47. The van der Waals surface area contributed by atoms with Gasteiger partial charge in [0, 0.05) is 34.1 Å². The number of hydrogen-bond acceptors (Lipinski definition) is 5. The van der Waals surface area contributed by atoms with E-state index in [1.165, 1.54) is 30.8 Å². The van der Waals surface area contributed by atoms with Gasteiger partial charge < -0.3 is 19.1 Å². The van der Waals surface area contributed by atoms with Gasteiger partial charge >= 0.3 is 6.18 Å². The molecule has 1 unspecified atom stereocenters. The van der Waals surface area contributed by atoms with Crippen LogP contribution >= 0.6 is 0 Å². The van der Waals surface area contributed by atoms with Gasteiger partial charge in [-0.15, -0.1) is 0 Å². The van der Waals surface area contributed by atoms with E-state index in [4.69, 9.17) is 0 Å². The predicted octanol–water partition coefficient (Wildman–Crippen LogP) is 3.09. The molecule has 1 amide bonds. The Morgan fingerprint density at radius 2 is 1.86 bits per heavy atom. The van der Waals surface area contributed by atoms with Crippen LogP contribution in [-0.2, 0) is 30.7 Å². The van der Waals surface area contributed by atoms with Crippen LogP contribution in [0, 0.1) is 6.92 Å². The molecular weight excluding hydrogens is 487 g/mol. The summed E-state index contributed by atoms with van der Waals surface area (Å²) in [5, 5.41) is 11.9. The third-order valence-electron chi connectivity index (χ3n) is 7.31. The molecule has 1 atom stereocenters. The van der Waals surface area contributed by atoms with Gasteiger partial charge in [-0.3, -0.25) is 14.6 Å². The van der Waals surface area contributed by atoms with Crippen LogP contribution in [0.2, 0.25) is 0 Å². The maximum atomic E-state index is 13.5. The van der Waals surface area contributed by atoms with Gasteiger partial charge in [0.1, 0.15) is 11.1 Å². The highest BCUT2D eigenvalue weighted by atomic mass is 19.4. The third-order valence-corrected chi connectivity index (χ3v) is 7.31. The lowest BCUT2D eigenvalue weighted by molar-refractivity contribution is -0.138. The number of pyridine rings is 1. The fourth-order valence-electron chi connectivity index (χ4n) is 5.13. The number of likely N-dealkylation sites (tertiary alicyclic amines) is 1. The molecule has 0 spiro atoms. The van der Waals surface area contributed by atoms with E-state index >= 15 is 0 Å². The monoisotopic (exact) mass is 517 g/mol. The number of rotatable bonds is 3. The summed E-state index contributed by atoms with van der Waals surface area (Å²) in [5.41, 5.74) is -1.07. The maximum Gasteiger partial charge on any atom is 0.416 e. The molecule has 3 aromatic rings. The summed E-state index contributed by atoms with van der Waals surface area (Å²) in [4.78, 5) is 35.8. The normalized spacial score (nSPS) is 17.3. The van der Waals surface area contributed by atoms with Crippen molar-refractivity contribution < 1.29 is 23.1 Å². The first-order chi connectivity index (χ1) is 17.2. The van der Waals surface area contributed by atoms with Crippen LogP contribution in [0.3, 0.4) is 0 Å². The van der Waals surface area contributed by atoms with Crippen molar-refractivity contribution in [1.82, 2.24) is 19.0 Å². The van der Waals surface area contributed by atoms with Crippen molar-refractivity contribution in [3.8, 4) is 0 Å². The first-order valence-electron chi connectivity index (χ1n) is 12.0. The number of piperidine rings is 1. The minimum atomic E-state index is -4.49. The standard InChI is InChI=1S/C26H30F3N5O3/c1-15-18(7-6-8-20(15)26(27,28)29)16(2)31-23-19-13-21(25(37)9-11-34(12-10-25)17(3)35)33(5)24(36)22(19)32(4)14-30-23/h6-8,13-14,16,37H,9-12H2,1-5H3. The second-order valence-electron chi connectivity index (χ2n) is 9.70. The van der Waals surface area contributed by atoms with Gasteiger partial charge in [0.2, 0.25) is 5.91 Å². The van der Waals surface area contributed by atoms with Crippen LogP contribution in [0.5, 0.6) is 0 Å². The molecule has 8 nitrogen and oxygen atoms in total. The second-order valence-corrected chi connectivity index (χ2v) is 9.70. The molecule has 1 aliphatic heterocycles. The highest BCUT2D eigenvalue weighted by Crippen LogP contribution is 2.35. The summed E-state index contributed by atoms with van der Waals surface area (Å²) in [6.45, 7) is 5.26. The van der Waals surface area contributed by atoms with E-state index in [2.05, 4.69) is 9.98 Å². The molecule has 3 heterocycles. The lowest BCUT2D eigenvalue weighted by Crippen LogP contribution is -2.46. The van der Waals surface area contributed by atoms with Crippen molar-refractivity contribution in [2.75, 3.05) is 13.1 Å². The lowest BCUT2D eigenvalue weighted by atomic mass is 9.87. The Morgan fingerprint density at radius 1 is 1.22 bits per heavy atom. The summed E-state index contributed by atoms with van der Waals surface area (Å²) >= 11 is 0. The maximum absolute atomic E-state index is 13.5. The number of amides is 1. The smallest absolute Gasteiger partial charge is 0.383 e. The van der Waals surface area contributed by atoms with E-state index in [1.807, 2.05) is 0 Å². The topological polar surface area (TPSA) is 92.7 Å². The molecular formula is C26H30F3N5O3. The highest BCUT2D eigenvalue weighted by molar-refractivity contribution is 5.77. The molecule has 1 saturated heterocycles. The van der Waals surface area contributed by atoms with E-state index in [9.17, 15) is 27.9 Å². The predicted molar refractivity (Wildman–Crippen MR) is 131 cm³/mol. The second kappa shape index (κ2) is 9.44. The molecule has 2 aromatic heterocycles. The number of nitrogens with zero attached hydrogens (tertiary/aromatic N) is 5. The van der Waals surface area contributed by atoms with Crippen LogP contribution in [0.1, 0.15) is 55.1 Å². The Bertz CT molecular complexity index is 1500. The summed E-state index contributed by atoms with van der Waals surface area (Å²) in [6, 6.07) is 4.98. The number of alkyl halides is 3. The summed E-state index contributed by atoms with van der Waals surface area (Å²) in [7, 11) is 3.25. The number of aryl methyl sites for hydroxylation is 1. The number of hydrogen-bond donors (Lipinski definition) is 1. The number of aromatic nitrogens is 3. The summed E-state index contributed by atoms with van der Waals surface area (Å²) < 4.78 is 43.3. The van der Waals surface area contributed by atoms with Gasteiger partial charge in [-0.25, -0.2) is 4.98 Å². The van der Waals surface area contributed by atoms with Crippen molar-refractivity contribution in [2.45, 2.75) is 51.4 Å². The Morgan fingerprint density at radius 3 is 2.46 bits per heavy atom. The summed E-state index contributed by atoms with van der Waals surface area (Å²) in [5.74, 6) is -0.0781. The van der Waals surface area contributed by atoms with Crippen molar-refractivity contribution in [2.24, 2.45) is 19.1 Å². The van der Waals surface area contributed by atoms with E-state index in [-0.39, 0.29) is 35.4 Å². The van der Waals surface area contributed by atoms with Gasteiger partial charge in [0.05, 0.1) is 29.0 Å². The number of carbonyl (C=O) groups is 1. The Balaban J connectivity index is 1.88. The molecule has 1 N–H and O–H groups in total. The highest BCUT2D eigenvalue weighted by Gasteiger charge is 2.37. The van der Waals surface area contributed by atoms with Crippen LogP contribution in [0.4, 0.5) is 13.2 Å². The molecule has 1 aliphatic rings. The Kier molecular flexibility index (Phi) is 6.78. The van der Waals surface area contributed by atoms with Gasteiger partial charge in [0.15, 0.2) is 5.49 Å². The Labute approximate surface area is 211 Å². The van der Waals surface area contributed by atoms with Crippen molar-refractivity contribution in [3.05, 3.63) is 68.8 Å². The average Bonchev–Trinajstić information content (AvgIpc) is 2.82. The number of benzene rings is 1. The molecule has 4 rings (SSSR count). The first-order valence-corrected chi connectivity index (χ1v) is 12.0. The molecule has 0 saturated carbocycles. The van der Waals surface area contributed by atoms with E-state index in [1.54, 1.807) is 42.6 Å². The first kappa shape index (κ1) is 26.6. The number of aliphatic hydroxyl groups is 1. The minimum absolute atomic E-state index is 0.0781. The average molecular weight is 518 g/mol. The number of fused-ring (bicyclic) bond motifs is 1. The largest absolute Gasteiger partial charge is 0.416 e. The molecule has 37 heavy (non-hydrogen) atoms. The van der Waals surface area contributed by atoms with Gasteiger partial charge in [-0.05, 0) is 49.9 Å². The van der Waals surface area contributed by atoms with Crippen molar-refractivity contribution >= 4 is 16.8 Å². The van der Waals surface area contributed by atoms with E-state index in [0.29, 0.717) is 35.2 Å². The van der Waals surface area contributed by atoms with Crippen LogP contribution in [0.25, 0.3) is 10.9 Å². The fourth-order valence-corrected chi connectivity index (χ4v) is 5.13. The molecule has 11 heteroatoms.